The number of hydrogen-bond donors (Lipinski definition) is 1. The monoisotopic (exact) mass is 418 g/mol. The Morgan fingerprint density at radius 2 is 1.96 bits per heavy atom. The van der Waals surface area contributed by atoms with Crippen molar-refractivity contribution in [2.75, 3.05) is 24.8 Å². The maximum absolute atomic E-state index is 12.0. The van der Waals surface area contributed by atoms with E-state index in [9.17, 15) is 13.2 Å². The number of H-pyrrole nitrogens is 1. The summed E-state index contributed by atoms with van der Waals surface area (Å²) in [6, 6.07) is 11.2. The number of hydrogen-bond acceptors (Lipinski definition) is 5. The second-order valence-electron chi connectivity index (χ2n) is 6.88. The molecule has 146 valence electrons. The van der Waals surface area contributed by atoms with Gasteiger partial charge in [-0.25, -0.2) is 13.2 Å². The molecule has 28 heavy (non-hydrogen) atoms. The predicted molar refractivity (Wildman–Crippen MR) is 111 cm³/mol. The lowest BCUT2D eigenvalue weighted by molar-refractivity contribution is 0.0603. The van der Waals surface area contributed by atoms with Crippen LogP contribution in [-0.2, 0) is 14.6 Å². The Hall–Kier alpha value is -2.51. The van der Waals surface area contributed by atoms with Gasteiger partial charge in [-0.15, -0.1) is 0 Å². The SMILES string of the molecule is COC(=O)c1c[nH]c2cc(Cl)c(-c3ccc(N4CCC4S(C)(=O)=O)cc3)cc12. The van der Waals surface area contributed by atoms with Crippen LogP contribution < -0.4 is 4.90 Å². The molecule has 0 aliphatic carbocycles. The summed E-state index contributed by atoms with van der Waals surface area (Å²) < 4.78 is 28.5. The van der Waals surface area contributed by atoms with E-state index in [1.165, 1.54) is 13.4 Å². The topological polar surface area (TPSA) is 79.5 Å². The van der Waals surface area contributed by atoms with Gasteiger partial charge >= 0.3 is 5.97 Å². The summed E-state index contributed by atoms with van der Waals surface area (Å²) >= 11 is 6.46. The minimum absolute atomic E-state index is 0.417. The number of carbonyl (C=O) groups excluding carboxylic acids is 1. The molecule has 1 atom stereocenters. The van der Waals surface area contributed by atoms with Gasteiger partial charge in [0.05, 0.1) is 17.7 Å². The average Bonchev–Trinajstić information content (AvgIpc) is 3.01. The highest BCUT2D eigenvalue weighted by atomic mass is 35.5. The number of halogens is 1. The molecule has 1 unspecified atom stereocenters. The average molecular weight is 419 g/mol. The molecular formula is C20H19ClN2O4S. The maximum atomic E-state index is 12.0. The number of esters is 1. The van der Waals surface area contributed by atoms with Gasteiger partial charge in [0.25, 0.3) is 0 Å². The van der Waals surface area contributed by atoms with Gasteiger partial charge in [-0.05, 0) is 36.2 Å². The third-order valence-electron chi connectivity index (χ3n) is 5.14. The number of anilines is 1. The van der Waals surface area contributed by atoms with E-state index in [0.717, 1.165) is 34.3 Å². The molecule has 6 nitrogen and oxygen atoms in total. The highest BCUT2D eigenvalue weighted by Gasteiger charge is 2.36. The summed E-state index contributed by atoms with van der Waals surface area (Å²) in [5, 5.41) is 0.826. The molecule has 1 fully saturated rings. The largest absolute Gasteiger partial charge is 0.465 e. The van der Waals surface area contributed by atoms with Crippen LogP contribution in [0.25, 0.3) is 22.0 Å². The molecular weight excluding hydrogens is 400 g/mol. The summed E-state index contributed by atoms with van der Waals surface area (Å²) in [6.45, 7) is 0.718. The number of benzene rings is 2. The zero-order valence-corrected chi connectivity index (χ0v) is 17.0. The van der Waals surface area contributed by atoms with Crippen LogP contribution in [0, 0.1) is 0 Å². The Morgan fingerprint density at radius 1 is 1.25 bits per heavy atom. The smallest absolute Gasteiger partial charge is 0.340 e. The predicted octanol–water partition coefficient (Wildman–Crippen LogP) is 3.86. The number of sulfone groups is 1. The van der Waals surface area contributed by atoms with E-state index in [2.05, 4.69) is 4.98 Å². The Bertz CT molecular complexity index is 1170. The molecule has 2 heterocycles. The van der Waals surface area contributed by atoms with Crippen molar-refractivity contribution in [3.63, 3.8) is 0 Å². The number of aromatic amines is 1. The molecule has 1 N–H and O–H groups in total. The van der Waals surface area contributed by atoms with Crippen LogP contribution >= 0.6 is 11.6 Å². The van der Waals surface area contributed by atoms with Crippen LogP contribution in [0.4, 0.5) is 5.69 Å². The number of nitrogens with zero attached hydrogens (tertiary/aromatic N) is 1. The third-order valence-corrected chi connectivity index (χ3v) is 6.93. The first kappa shape index (κ1) is 18.8. The zero-order chi connectivity index (χ0) is 20.1. The van der Waals surface area contributed by atoms with E-state index in [-0.39, 0.29) is 0 Å². The number of nitrogens with one attached hydrogen (secondary N) is 1. The summed E-state index contributed by atoms with van der Waals surface area (Å²) in [7, 11) is -1.76. The lowest BCUT2D eigenvalue weighted by Crippen LogP contribution is -2.52. The summed E-state index contributed by atoms with van der Waals surface area (Å²) in [5.41, 5.74) is 3.73. The summed E-state index contributed by atoms with van der Waals surface area (Å²) in [6.07, 6.45) is 3.52. The van der Waals surface area contributed by atoms with Crippen LogP contribution in [0.2, 0.25) is 5.02 Å². The van der Waals surface area contributed by atoms with Gasteiger partial charge < -0.3 is 14.6 Å². The molecule has 0 bridgehead atoms. The van der Waals surface area contributed by atoms with Gasteiger partial charge in [0.15, 0.2) is 9.84 Å². The lowest BCUT2D eigenvalue weighted by atomic mass is 10.0. The first-order valence-corrected chi connectivity index (χ1v) is 11.1. The van der Waals surface area contributed by atoms with E-state index in [4.69, 9.17) is 16.3 Å². The molecule has 1 aliphatic rings. The fourth-order valence-electron chi connectivity index (χ4n) is 3.58. The van der Waals surface area contributed by atoms with Crippen molar-refractivity contribution in [1.29, 1.82) is 0 Å². The van der Waals surface area contributed by atoms with Crippen molar-refractivity contribution >= 4 is 44.0 Å². The Balaban J connectivity index is 1.70. The minimum Gasteiger partial charge on any atom is -0.465 e. The molecule has 1 saturated heterocycles. The number of rotatable bonds is 4. The molecule has 1 aromatic heterocycles. The van der Waals surface area contributed by atoms with Crippen molar-refractivity contribution in [2.24, 2.45) is 0 Å². The third kappa shape index (κ3) is 3.14. The molecule has 0 saturated carbocycles. The van der Waals surface area contributed by atoms with Crippen molar-refractivity contribution in [3.05, 3.63) is 53.2 Å². The number of aromatic nitrogens is 1. The Morgan fingerprint density at radius 3 is 2.54 bits per heavy atom. The fourth-order valence-corrected chi connectivity index (χ4v) is 5.08. The molecule has 0 radical (unpaired) electrons. The first-order chi connectivity index (χ1) is 13.3. The van der Waals surface area contributed by atoms with Crippen LogP contribution in [0.1, 0.15) is 16.8 Å². The van der Waals surface area contributed by atoms with Gasteiger partial charge in [-0.3, -0.25) is 0 Å². The molecule has 8 heteroatoms. The van der Waals surface area contributed by atoms with Gasteiger partial charge in [0, 0.05) is 41.2 Å². The Kier molecular flexibility index (Phi) is 4.59. The number of methoxy groups -OCH3 is 1. The fraction of sp³-hybridized carbons (Fsp3) is 0.250. The normalized spacial score (nSPS) is 16.8. The number of carbonyl (C=O) groups is 1. The quantitative estimate of drug-likeness (QED) is 0.651. The number of fused-ring (bicyclic) bond motifs is 1. The summed E-state index contributed by atoms with van der Waals surface area (Å²) in [5.74, 6) is -0.417. The number of ether oxygens (including phenoxy) is 1. The molecule has 3 aromatic rings. The van der Waals surface area contributed by atoms with Crippen molar-refractivity contribution in [1.82, 2.24) is 4.98 Å². The first-order valence-electron chi connectivity index (χ1n) is 8.74. The molecule has 1 aliphatic heterocycles. The highest BCUT2D eigenvalue weighted by Crippen LogP contribution is 2.36. The zero-order valence-electron chi connectivity index (χ0n) is 15.4. The summed E-state index contributed by atoms with van der Waals surface area (Å²) in [4.78, 5) is 16.9. The molecule has 0 spiro atoms. The molecule has 0 amide bonds. The van der Waals surface area contributed by atoms with Crippen LogP contribution in [-0.4, -0.2) is 44.7 Å². The van der Waals surface area contributed by atoms with E-state index in [0.29, 0.717) is 17.0 Å². The molecule has 2 aromatic carbocycles. The van der Waals surface area contributed by atoms with Crippen LogP contribution in [0.3, 0.4) is 0 Å². The maximum Gasteiger partial charge on any atom is 0.340 e. The van der Waals surface area contributed by atoms with Gasteiger partial charge in [-0.2, -0.15) is 0 Å². The van der Waals surface area contributed by atoms with E-state index >= 15 is 0 Å². The minimum atomic E-state index is -3.11. The van der Waals surface area contributed by atoms with Crippen molar-refractivity contribution in [2.45, 2.75) is 11.8 Å². The van der Waals surface area contributed by atoms with Gasteiger partial charge in [-0.1, -0.05) is 23.7 Å². The van der Waals surface area contributed by atoms with E-state index in [1.807, 2.05) is 35.2 Å². The van der Waals surface area contributed by atoms with E-state index < -0.39 is 21.2 Å². The standard InChI is InChI=1S/C20H19ClN2O4S/c1-27-20(24)16-11-22-18-10-17(21)14(9-15(16)18)12-3-5-13(6-4-12)23-8-7-19(23)28(2,25)26/h3-6,9-11,19,22H,7-8H2,1-2H3. The van der Waals surface area contributed by atoms with Gasteiger partial charge in [0.2, 0.25) is 0 Å². The van der Waals surface area contributed by atoms with Crippen LogP contribution in [0.15, 0.2) is 42.6 Å². The van der Waals surface area contributed by atoms with E-state index in [1.54, 1.807) is 12.3 Å². The van der Waals surface area contributed by atoms with Crippen molar-refractivity contribution < 1.29 is 17.9 Å². The lowest BCUT2D eigenvalue weighted by Gasteiger charge is -2.41. The van der Waals surface area contributed by atoms with Gasteiger partial charge in [0.1, 0.15) is 5.37 Å². The van der Waals surface area contributed by atoms with Crippen LogP contribution in [0.5, 0.6) is 0 Å². The van der Waals surface area contributed by atoms with Crippen molar-refractivity contribution in [3.8, 4) is 11.1 Å². The Labute approximate surface area is 168 Å². The highest BCUT2D eigenvalue weighted by molar-refractivity contribution is 7.91. The second kappa shape index (κ2) is 6.83. The second-order valence-corrected chi connectivity index (χ2v) is 9.50. The molecule has 4 rings (SSSR count).